The molecular formula is C18H31IN4OS. The third-order valence-corrected chi connectivity index (χ3v) is 4.51. The van der Waals surface area contributed by atoms with E-state index in [9.17, 15) is 0 Å². The summed E-state index contributed by atoms with van der Waals surface area (Å²) in [7, 11) is 0. The van der Waals surface area contributed by atoms with Crippen LogP contribution < -0.4 is 10.6 Å². The molecule has 2 N–H and O–H groups in total. The number of aliphatic imine (C=N–C) groups is 1. The Morgan fingerprint density at radius 2 is 1.84 bits per heavy atom. The summed E-state index contributed by atoms with van der Waals surface area (Å²) >= 11 is 1.83. The fraction of sp³-hybridized carbons (Fsp3) is 0.611. The van der Waals surface area contributed by atoms with Crippen molar-refractivity contribution in [1.29, 1.82) is 0 Å². The molecule has 0 radical (unpaired) electrons. The molecule has 1 fully saturated rings. The Morgan fingerprint density at radius 1 is 1.16 bits per heavy atom. The van der Waals surface area contributed by atoms with Gasteiger partial charge in [-0.1, -0.05) is 24.3 Å². The number of benzene rings is 1. The van der Waals surface area contributed by atoms with Gasteiger partial charge in [0.15, 0.2) is 5.96 Å². The van der Waals surface area contributed by atoms with Crippen molar-refractivity contribution in [1.82, 2.24) is 15.5 Å². The van der Waals surface area contributed by atoms with E-state index in [1.807, 2.05) is 11.8 Å². The third kappa shape index (κ3) is 9.12. The van der Waals surface area contributed by atoms with Crippen molar-refractivity contribution < 1.29 is 4.74 Å². The second-order valence-corrected chi connectivity index (χ2v) is 6.81. The number of guanidine groups is 1. The molecule has 1 aromatic rings. The summed E-state index contributed by atoms with van der Waals surface area (Å²) in [6, 6.07) is 8.80. The SMILES string of the molecule is CCNC(=NCc1ccc(CN2CCOCC2)cc1)NCCSC.I. The number of thioether (sulfide) groups is 1. The molecule has 0 unspecified atom stereocenters. The molecule has 0 aromatic heterocycles. The van der Waals surface area contributed by atoms with E-state index in [2.05, 4.69) is 58.0 Å². The molecule has 0 bridgehead atoms. The lowest BCUT2D eigenvalue weighted by atomic mass is 10.1. The smallest absolute Gasteiger partial charge is 0.191 e. The fourth-order valence-electron chi connectivity index (χ4n) is 2.55. The highest BCUT2D eigenvalue weighted by Gasteiger charge is 2.10. The Labute approximate surface area is 173 Å². The van der Waals surface area contributed by atoms with E-state index in [0.717, 1.165) is 57.6 Å². The monoisotopic (exact) mass is 478 g/mol. The summed E-state index contributed by atoms with van der Waals surface area (Å²) < 4.78 is 5.40. The van der Waals surface area contributed by atoms with Gasteiger partial charge in [0.1, 0.15) is 0 Å². The van der Waals surface area contributed by atoms with Crippen LogP contribution in [-0.4, -0.2) is 62.3 Å². The average molecular weight is 478 g/mol. The van der Waals surface area contributed by atoms with Gasteiger partial charge in [0.2, 0.25) is 0 Å². The summed E-state index contributed by atoms with van der Waals surface area (Å²) in [6.45, 7) is 9.37. The Bertz CT molecular complexity index is 492. The van der Waals surface area contributed by atoms with Crippen LogP contribution in [0.5, 0.6) is 0 Å². The molecule has 1 saturated heterocycles. The third-order valence-electron chi connectivity index (χ3n) is 3.90. The van der Waals surface area contributed by atoms with Crippen molar-refractivity contribution in [3.05, 3.63) is 35.4 Å². The Balaban J connectivity index is 0.00000312. The number of rotatable bonds is 8. The van der Waals surface area contributed by atoms with Gasteiger partial charge in [0.05, 0.1) is 19.8 Å². The lowest BCUT2D eigenvalue weighted by Crippen LogP contribution is -2.38. The quantitative estimate of drug-likeness (QED) is 0.260. The minimum atomic E-state index is 0. The predicted octanol–water partition coefficient (Wildman–Crippen LogP) is 2.55. The van der Waals surface area contributed by atoms with E-state index < -0.39 is 0 Å². The Kier molecular flexibility index (Phi) is 12.3. The molecule has 1 heterocycles. The van der Waals surface area contributed by atoms with Crippen molar-refractivity contribution in [2.24, 2.45) is 4.99 Å². The maximum Gasteiger partial charge on any atom is 0.191 e. The van der Waals surface area contributed by atoms with Gasteiger partial charge in [0.25, 0.3) is 0 Å². The lowest BCUT2D eigenvalue weighted by molar-refractivity contribution is 0.0342. The van der Waals surface area contributed by atoms with Crippen LogP contribution in [0.2, 0.25) is 0 Å². The normalized spacial score (nSPS) is 15.5. The fourth-order valence-corrected chi connectivity index (χ4v) is 2.86. The number of nitrogens with one attached hydrogen (secondary N) is 2. The maximum atomic E-state index is 5.40. The zero-order valence-electron chi connectivity index (χ0n) is 15.3. The number of morpholine rings is 1. The molecule has 0 saturated carbocycles. The number of hydrogen-bond donors (Lipinski definition) is 2. The van der Waals surface area contributed by atoms with E-state index in [-0.39, 0.29) is 24.0 Å². The number of nitrogens with zero attached hydrogens (tertiary/aromatic N) is 2. The standard InChI is InChI=1S/C18H30N4OS.HI/c1-3-19-18(20-8-13-24-2)21-14-16-4-6-17(7-5-16)15-22-9-11-23-12-10-22;/h4-7H,3,8-15H2,1-2H3,(H2,19,20,21);1H. The van der Waals surface area contributed by atoms with Crippen LogP contribution >= 0.6 is 35.7 Å². The molecule has 0 spiro atoms. The van der Waals surface area contributed by atoms with Crippen LogP contribution in [0.1, 0.15) is 18.1 Å². The molecule has 25 heavy (non-hydrogen) atoms. The second-order valence-electron chi connectivity index (χ2n) is 5.82. The van der Waals surface area contributed by atoms with Crippen molar-refractivity contribution in [2.45, 2.75) is 20.0 Å². The highest BCUT2D eigenvalue weighted by Crippen LogP contribution is 2.10. The molecule has 2 rings (SSSR count). The zero-order chi connectivity index (χ0) is 17.0. The van der Waals surface area contributed by atoms with E-state index in [0.29, 0.717) is 6.54 Å². The molecule has 7 heteroatoms. The van der Waals surface area contributed by atoms with Gasteiger partial charge in [-0.25, -0.2) is 4.99 Å². The van der Waals surface area contributed by atoms with Crippen molar-refractivity contribution in [3.8, 4) is 0 Å². The minimum absolute atomic E-state index is 0. The molecule has 1 aliphatic rings. The second kappa shape index (κ2) is 13.7. The summed E-state index contributed by atoms with van der Waals surface area (Å²) in [5, 5.41) is 6.65. The van der Waals surface area contributed by atoms with E-state index in [1.54, 1.807) is 0 Å². The van der Waals surface area contributed by atoms with E-state index >= 15 is 0 Å². The zero-order valence-corrected chi connectivity index (χ0v) is 18.4. The number of ether oxygens (including phenoxy) is 1. The Hall–Kier alpha value is -0.510. The molecule has 142 valence electrons. The highest BCUT2D eigenvalue weighted by atomic mass is 127. The average Bonchev–Trinajstić information content (AvgIpc) is 2.62. The topological polar surface area (TPSA) is 48.9 Å². The first-order valence-electron chi connectivity index (χ1n) is 8.71. The first kappa shape index (κ1) is 22.5. The van der Waals surface area contributed by atoms with Gasteiger partial charge in [-0.3, -0.25) is 4.90 Å². The molecule has 0 amide bonds. The van der Waals surface area contributed by atoms with Crippen molar-refractivity contribution in [2.75, 3.05) is 51.4 Å². The van der Waals surface area contributed by atoms with Crippen LogP contribution in [-0.2, 0) is 17.8 Å². The number of hydrogen-bond acceptors (Lipinski definition) is 4. The van der Waals surface area contributed by atoms with Gasteiger partial charge in [-0.15, -0.1) is 24.0 Å². The van der Waals surface area contributed by atoms with Gasteiger partial charge in [-0.2, -0.15) is 11.8 Å². The van der Waals surface area contributed by atoms with Crippen molar-refractivity contribution in [3.63, 3.8) is 0 Å². The molecule has 0 atom stereocenters. The summed E-state index contributed by atoms with van der Waals surface area (Å²) in [6.07, 6.45) is 2.12. The summed E-state index contributed by atoms with van der Waals surface area (Å²) in [5.74, 6) is 1.98. The van der Waals surface area contributed by atoms with Crippen LogP contribution in [0, 0.1) is 0 Å². The van der Waals surface area contributed by atoms with Gasteiger partial charge < -0.3 is 15.4 Å². The van der Waals surface area contributed by atoms with Crippen molar-refractivity contribution >= 4 is 41.7 Å². The molecule has 1 aliphatic heterocycles. The van der Waals surface area contributed by atoms with Crippen LogP contribution in [0.15, 0.2) is 29.3 Å². The first-order chi connectivity index (χ1) is 11.8. The predicted molar refractivity (Wildman–Crippen MR) is 119 cm³/mol. The summed E-state index contributed by atoms with van der Waals surface area (Å²) in [5.41, 5.74) is 2.59. The maximum absolute atomic E-state index is 5.40. The Morgan fingerprint density at radius 3 is 2.48 bits per heavy atom. The van der Waals surface area contributed by atoms with Gasteiger partial charge in [0, 0.05) is 38.5 Å². The molecule has 0 aliphatic carbocycles. The van der Waals surface area contributed by atoms with E-state index in [4.69, 9.17) is 4.74 Å². The molecule has 1 aromatic carbocycles. The largest absolute Gasteiger partial charge is 0.379 e. The summed E-state index contributed by atoms with van der Waals surface area (Å²) in [4.78, 5) is 7.10. The van der Waals surface area contributed by atoms with Crippen LogP contribution in [0.25, 0.3) is 0 Å². The molecular weight excluding hydrogens is 447 g/mol. The minimum Gasteiger partial charge on any atom is -0.379 e. The molecule has 5 nitrogen and oxygen atoms in total. The van der Waals surface area contributed by atoms with Crippen LogP contribution in [0.3, 0.4) is 0 Å². The van der Waals surface area contributed by atoms with Gasteiger partial charge in [-0.05, 0) is 24.3 Å². The van der Waals surface area contributed by atoms with Gasteiger partial charge >= 0.3 is 0 Å². The van der Waals surface area contributed by atoms with E-state index in [1.165, 1.54) is 11.1 Å². The lowest BCUT2D eigenvalue weighted by Gasteiger charge is -2.26. The first-order valence-corrected chi connectivity index (χ1v) is 10.1. The van der Waals surface area contributed by atoms with Crippen LogP contribution in [0.4, 0.5) is 0 Å². The highest BCUT2D eigenvalue weighted by molar-refractivity contribution is 14.0. The number of halogens is 1.